The van der Waals surface area contributed by atoms with Gasteiger partial charge in [-0.25, -0.2) is 4.98 Å². The van der Waals surface area contributed by atoms with Crippen molar-refractivity contribution in [3.63, 3.8) is 0 Å². The molecule has 3 aliphatic carbocycles. The molecule has 4 aliphatic rings. The van der Waals surface area contributed by atoms with Gasteiger partial charge in [-0.2, -0.15) is 12.1 Å². The van der Waals surface area contributed by atoms with Crippen LogP contribution in [0.15, 0.2) is 200 Å². The summed E-state index contributed by atoms with van der Waals surface area (Å²) in [5.74, 6) is 2.76. The van der Waals surface area contributed by atoms with Gasteiger partial charge in [-0.1, -0.05) is 195 Å². The number of rotatable bonds is 7. The summed E-state index contributed by atoms with van der Waals surface area (Å²) < 4.78 is 9.01. The van der Waals surface area contributed by atoms with Crippen molar-refractivity contribution in [3.8, 4) is 39.6 Å². The van der Waals surface area contributed by atoms with Gasteiger partial charge in [0.05, 0.1) is 0 Å². The zero-order valence-corrected chi connectivity index (χ0v) is 49.6. The molecule has 3 unspecified atom stereocenters. The predicted molar refractivity (Wildman–Crippen MR) is 329 cm³/mol. The van der Waals surface area contributed by atoms with E-state index in [0.717, 1.165) is 50.4 Å². The van der Waals surface area contributed by atoms with Gasteiger partial charge >= 0.3 is 0 Å². The summed E-state index contributed by atoms with van der Waals surface area (Å²) in [6.07, 6.45) is 1.91. The topological polar surface area (TPSA) is 33.5 Å². The molecule has 0 saturated heterocycles. The normalized spacial score (nSPS) is 17.5. The van der Waals surface area contributed by atoms with Gasteiger partial charge < -0.3 is 19.1 Å². The molecular weight excluding hydrogens is 1170 g/mol. The van der Waals surface area contributed by atoms with E-state index in [-0.39, 0.29) is 42.7 Å². The zero-order valence-electron chi connectivity index (χ0n) is 47.3. The smallest absolute Gasteiger partial charge is 0.135 e. The van der Waals surface area contributed by atoms with E-state index in [1.54, 1.807) is 0 Å². The van der Waals surface area contributed by atoms with Crippen molar-refractivity contribution < 1.29 is 25.8 Å². The summed E-state index contributed by atoms with van der Waals surface area (Å²) in [5, 5.41) is 2.23. The molecule has 5 nitrogen and oxygen atoms in total. The maximum absolute atomic E-state index is 6.80. The quantitative estimate of drug-likeness (QED) is 0.149. The molecule has 9 aromatic carbocycles. The minimum Gasteiger partial charge on any atom is -0.509 e. The van der Waals surface area contributed by atoms with Crippen LogP contribution < -0.4 is 14.5 Å². The average molecular weight is 1230 g/mol. The summed E-state index contributed by atoms with van der Waals surface area (Å²) in [4.78, 5) is 9.60. The number of anilines is 4. The maximum Gasteiger partial charge on any atom is 0.135 e. The third-order valence-electron chi connectivity index (χ3n) is 17.9. The molecule has 0 amide bonds. The molecule has 15 rings (SSSR count). The number of ether oxygens (including phenoxy) is 1. The van der Waals surface area contributed by atoms with Crippen molar-refractivity contribution in [2.45, 2.75) is 95.8 Å². The predicted octanol–water partition coefficient (Wildman–Crippen LogP) is 19.1. The molecule has 0 radical (unpaired) electrons. The average Bonchev–Trinajstić information content (AvgIpc) is 4.18. The molecule has 6 heteroatoms. The number of para-hydroxylation sites is 4. The van der Waals surface area contributed by atoms with Crippen molar-refractivity contribution in [1.82, 2.24) is 9.55 Å². The van der Waals surface area contributed by atoms with Crippen LogP contribution in [-0.2, 0) is 42.7 Å². The fraction of sp³-hybridized carbons (Fsp3) is 0.200. The Morgan fingerprint density at radius 3 is 1.80 bits per heavy atom. The minimum atomic E-state index is -0.0664. The van der Waals surface area contributed by atoms with E-state index in [2.05, 4.69) is 277 Å². The largest absolute Gasteiger partial charge is 0.509 e. The first-order chi connectivity index (χ1) is 38.6. The van der Waals surface area contributed by atoms with E-state index in [1.165, 1.54) is 72.3 Å². The van der Waals surface area contributed by atoms with Gasteiger partial charge in [-0.3, -0.25) is 0 Å². The van der Waals surface area contributed by atoms with Crippen molar-refractivity contribution >= 4 is 44.6 Å². The Bertz CT molecular complexity index is 4340. The molecule has 81 heavy (non-hydrogen) atoms. The van der Waals surface area contributed by atoms with Crippen LogP contribution in [0.1, 0.15) is 124 Å². The van der Waals surface area contributed by atoms with Crippen LogP contribution in [0.3, 0.4) is 0 Å². The van der Waals surface area contributed by atoms with Crippen LogP contribution in [0, 0.1) is 18.8 Å². The molecule has 0 saturated carbocycles. The number of hydrogen-bond donors (Lipinski definition) is 0. The van der Waals surface area contributed by atoms with Crippen molar-refractivity contribution in [2.75, 3.05) is 9.80 Å². The molecule has 3 heterocycles. The number of pyridine rings is 1. The van der Waals surface area contributed by atoms with Crippen LogP contribution in [0.4, 0.5) is 22.7 Å². The van der Waals surface area contributed by atoms with Crippen molar-refractivity contribution in [1.29, 1.82) is 0 Å². The number of fused-ring (bicyclic) bond motifs is 11. The molecule has 0 fully saturated rings. The molecule has 2 aromatic heterocycles. The first kappa shape index (κ1) is 51.2. The maximum atomic E-state index is 6.80. The minimum absolute atomic E-state index is 0. The number of benzene rings is 9. The molecule has 1 spiro atoms. The third-order valence-corrected chi connectivity index (χ3v) is 17.9. The Kier molecular flexibility index (Phi) is 11.5. The molecule has 1 aliphatic heterocycles. The summed E-state index contributed by atoms with van der Waals surface area (Å²) in [5.41, 5.74) is 23.4. The van der Waals surface area contributed by atoms with Crippen molar-refractivity contribution in [2.24, 2.45) is 0 Å². The van der Waals surface area contributed by atoms with E-state index >= 15 is 0 Å². The van der Waals surface area contributed by atoms with Crippen LogP contribution in [0.25, 0.3) is 49.9 Å². The van der Waals surface area contributed by atoms with E-state index in [1.807, 2.05) is 18.3 Å². The second kappa shape index (κ2) is 18.3. The first-order valence-corrected chi connectivity index (χ1v) is 28.3. The van der Waals surface area contributed by atoms with E-state index in [4.69, 9.17) is 9.72 Å². The SMILES string of the molecule is CC(C)(C)c1cc(-c2cccc(-c3ccc4c(c3)C35c6ccccc6C3c3ccccc3C45)c2N2[CH-]N(c3[c-]c(Oc4[c-]c5c(cc4)c4ccccc4n5-c4cc(C(C)(C)C)ccn4)ccc3)c3ccccc32)cc(C(C)(C)C)c1.[Pt]. The van der Waals surface area contributed by atoms with E-state index in [9.17, 15) is 0 Å². The molecule has 0 bridgehead atoms. The Balaban J connectivity index is 0.00000589. The summed E-state index contributed by atoms with van der Waals surface area (Å²) in [6, 6.07) is 79.3. The fourth-order valence-corrected chi connectivity index (χ4v) is 13.9. The molecule has 402 valence electrons. The second-order valence-corrected chi connectivity index (χ2v) is 25.7. The van der Waals surface area contributed by atoms with E-state index in [0.29, 0.717) is 23.3 Å². The van der Waals surface area contributed by atoms with Crippen molar-refractivity contribution in [3.05, 3.63) is 269 Å². The molecule has 0 N–H and O–H groups in total. The number of hydrogen-bond acceptors (Lipinski definition) is 4. The summed E-state index contributed by atoms with van der Waals surface area (Å²) >= 11 is 0. The zero-order chi connectivity index (χ0) is 54.6. The van der Waals surface area contributed by atoms with Gasteiger partial charge in [-0.15, -0.1) is 48.1 Å². The van der Waals surface area contributed by atoms with Gasteiger partial charge in [-0.05, 0) is 119 Å². The Morgan fingerprint density at radius 2 is 1.09 bits per heavy atom. The summed E-state index contributed by atoms with van der Waals surface area (Å²) in [6.45, 7) is 22.9. The van der Waals surface area contributed by atoms with Gasteiger partial charge in [0.25, 0.3) is 0 Å². The van der Waals surface area contributed by atoms with Crippen LogP contribution in [-0.4, -0.2) is 9.55 Å². The Labute approximate surface area is 491 Å². The monoisotopic (exact) mass is 1230 g/mol. The van der Waals surface area contributed by atoms with Gasteiger partial charge in [0.15, 0.2) is 0 Å². The summed E-state index contributed by atoms with van der Waals surface area (Å²) in [7, 11) is 0. The third kappa shape index (κ3) is 7.71. The van der Waals surface area contributed by atoms with Gasteiger partial charge in [0, 0.05) is 89.7 Å². The first-order valence-electron chi connectivity index (χ1n) is 28.3. The molecule has 3 atom stereocenters. The standard InChI is InChI=1S/C75H63N4O.Pt/c1-72(2,3)48-36-37-76-68(42-48)79-64-29-15-13-22-56(64)57-35-33-53(44-67(57)79)80-52-21-18-20-51(43-52)77-45-78(66-31-17-16-30-65(66)77)71-54(26-19-27-55(71)47-38-49(73(4,5)6)41-50(39-47)74(7,8)9)46-32-34-61-63(40-46)75-62-28-14-12-25-60(62)69(75)58-23-10-11-24-59(58)70(61)75;/h10-42,45,69-70H,1-9H3;/q-3;. The second-order valence-electron chi connectivity index (χ2n) is 25.7. The van der Waals surface area contributed by atoms with E-state index < -0.39 is 0 Å². The van der Waals surface area contributed by atoms with Crippen LogP contribution in [0.5, 0.6) is 11.5 Å². The fourth-order valence-electron chi connectivity index (χ4n) is 13.9. The van der Waals surface area contributed by atoms with Crippen LogP contribution in [0.2, 0.25) is 0 Å². The molecule has 11 aromatic rings. The Morgan fingerprint density at radius 1 is 0.481 bits per heavy atom. The van der Waals surface area contributed by atoms with Gasteiger partial charge in [0.2, 0.25) is 0 Å². The van der Waals surface area contributed by atoms with Crippen LogP contribution >= 0.6 is 0 Å². The number of aromatic nitrogens is 2. The number of nitrogens with zero attached hydrogens (tertiary/aromatic N) is 4. The molecular formula is C75H63N4OPt-3. The van der Waals surface area contributed by atoms with Gasteiger partial charge in [0.1, 0.15) is 5.82 Å². The Hall–Kier alpha value is -7.98.